The van der Waals surface area contributed by atoms with Gasteiger partial charge in [-0.05, 0) is 23.8 Å². The maximum Gasteiger partial charge on any atom is 0.140 e. The molecule has 0 amide bonds. The molecule has 0 aliphatic rings. The van der Waals surface area contributed by atoms with Crippen molar-refractivity contribution in [1.82, 2.24) is 0 Å². The molecule has 2 aromatic carbocycles. The summed E-state index contributed by atoms with van der Waals surface area (Å²) in [6, 6.07) is 16.4. The zero-order chi connectivity index (χ0) is 13.0. The number of nitrogens with one attached hydrogen (secondary N) is 1. The van der Waals surface area contributed by atoms with E-state index >= 15 is 0 Å². The smallest absolute Gasteiger partial charge is 0.140 e. The van der Waals surface area contributed by atoms with Crippen LogP contribution < -0.4 is 5.32 Å². The lowest BCUT2D eigenvalue weighted by molar-refractivity contribution is 0.998. The minimum absolute atomic E-state index is 0.430. The molecule has 0 bridgehead atoms. The second-order valence-electron chi connectivity index (χ2n) is 3.78. The van der Waals surface area contributed by atoms with E-state index in [1.54, 1.807) is 18.2 Å². The fraction of sp³-hybridized carbons (Fsp3) is 0.0714. The first-order chi connectivity index (χ1) is 8.69. The first-order valence-corrected chi connectivity index (χ1v) is 6.12. The van der Waals surface area contributed by atoms with Crippen LogP contribution >= 0.6 is 23.2 Å². The van der Waals surface area contributed by atoms with Crippen LogP contribution in [0.3, 0.4) is 0 Å². The molecule has 0 radical (unpaired) electrons. The number of hydrogen-bond donors (Lipinski definition) is 1. The largest absolute Gasteiger partial charge is 0.366 e. The van der Waals surface area contributed by atoms with Gasteiger partial charge in [0.2, 0.25) is 0 Å². The van der Waals surface area contributed by atoms with Crippen molar-refractivity contribution in [3.8, 4) is 6.07 Å². The maximum absolute atomic E-state index is 9.20. The molecule has 0 saturated carbocycles. The Hall–Kier alpha value is -1.69. The fourth-order valence-electron chi connectivity index (χ4n) is 1.64. The van der Waals surface area contributed by atoms with E-state index in [9.17, 15) is 5.26 Å². The molecular weight excluding hydrogens is 267 g/mol. The van der Waals surface area contributed by atoms with Gasteiger partial charge in [-0.25, -0.2) is 0 Å². The molecule has 0 aliphatic carbocycles. The molecule has 1 N–H and O–H groups in total. The molecule has 2 aromatic rings. The van der Waals surface area contributed by atoms with Gasteiger partial charge in [-0.3, -0.25) is 0 Å². The lowest BCUT2D eigenvalue weighted by atomic mass is 10.1. The molecule has 2 nitrogen and oxygen atoms in total. The molecule has 18 heavy (non-hydrogen) atoms. The van der Waals surface area contributed by atoms with E-state index in [1.807, 2.05) is 30.3 Å². The molecule has 0 spiro atoms. The van der Waals surface area contributed by atoms with Crippen LogP contribution in [0.25, 0.3) is 0 Å². The van der Waals surface area contributed by atoms with Gasteiger partial charge in [0.15, 0.2) is 0 Å². The van der Waals surface area contributed by atoms with E-state index in [0.717, 1.165) is 11.3 Å². The van der Waals surface area contributed by atoms with Crippen LogP contribution in [0.5, 0.6) is 0 Å². The van der Waals surface area contributed by atoms with Crippen molar-refractivity contribution >= 4 is 28.9 Å². The van der Waals surface area contributed by atoms with E-state index in [1.165, 1.54) is 0 Å². The van der Waals surface area contributed by atoms with E-state index in [4.69, 9.17) is 23.2 Å². The number of hydrogen-bond acceptors (Lipinski definition) is 2. The van der Waals surface area contributed by atoms with Gasteiger partial charge in [0.25, 0.3) is 0 Å². The monoisotopic (exact) mass is 276 g/mol. The van der Waals surface area contributed by atoms with Crippen molar-refractivity contribution in [2.45, 2.75) is 6.04 Å². The summed E-state index contributed by atoms with van der Waals surface area (Å²) in [6.45, 7) is 0. The predicted molar refractivity (Wildman–Crippen MR) is 74.9 cm³/mol. The second-order valence-corrected chi connectivity index (χ2v) is 4.65. The Kier molecular flexibility index (Phi) is 4.09. The van der Waals surface area contributed by atoms with Crippen LogP contribution in [-0.2, 0) is 0 Å². The zero-order valence-corrected chi connectivity index (χ0v) is 10.9. The molecule has 90 valence electrons. The third-order valence-corrected chi connectivity index (χ3v) is 2.87. The highest BCUT2D eigenvalue weighted by atomic mass is 35.5. The SMILES string of the molecule is N#C[C@H](Nc1cc(Cl)cc(Cl)c1)c1ccccc1. The number of nitriles is 1. The number of nitrogens with zero attached hydrogens (tertiary/aromatic N) is 1. The van der Waals surface area contributed by atoms with Gasteiger partial charge >= 0.3 is 0 Å². The van der Waals surface area contributed by atoms with Crippen LogP contribution in [0.15, 0.2) is 48.5 Å². The van der Waals surface area contributed by atoms with Crippen LogP contribution in [0.4, 0.5) is 5.69 Å². The van der Waals surface area contributed by atoms with Gasteiger partial charge in [0, 0.05) is 15.7 Å². The molecule has 1 atom stereocenters. The first kappa shape index (κ1) is 12.8. The topological polar surface area (TPSA) is 35.8 Å². The Morgan fingerprint density at radius 2 is 1.61 bits per heavy atom. The second kappa shape index (κ2) is 5.77. The Labute approximate surface area is 116 Å². The Balaban J connectivity index is 2.24. The lowest BCUT2D eigenvalue weighted by Crippen LogP contribution is -2.08. The van der Waals surface area contributed by atoms with Gasteiger partial charge in [0.1, 0.15) is 6.04 Å². The number of rotatable bonds is 3. The summed E-state index contributed by atoms with van der Waals surface area (Å²) in [6.07, 6.45) is 0. The van der Waals surface area contributed by atoms with Crippen molar-refractivity contribution in [2.24, 2.45) is 0 Å². The van der Waals surface area contributed by atoms with Crippen molar-refractivity contribution in [3.05, 3.63) is 64.1 Å². The van der Waals surface area contributed by atoms with E-state index in [2.05, 4.69) is 11.4 Å². The first-order valence-electron chi connectivity index (χ1n) is 5.36. The van der Waals surface area contributed by atoms with E-state index in [0.29, 0.717) is 10.0 Å². The van der Waals surface area contributed by atoms with Crippen molar-refractivity contribution in [3.63, 3.8) is 0 Å². The molecule has 0 unspecified atom stereocenters. The van der Waals surface area contributed by atoms with E-state index in [-0.39, 0.29) is 0 Å². The summed E-state index contributed by atoms with van der Waals surface area (Å²) < 4.78 is 0. The summed E-state index contributed by atoms with van der Waals surface area (Å²) in [7, 11) is 0. The molecule has 0 aromatic heterocycles. The maximum atomic E-state index is 9.20. The number of benzene rings is 2. The van der Waals surface area contributed by atoms with Gasteiger partial charge < -0.3 is 5.32 Å². The number of anilines is 1. The van der Waals surface area contributed by atoms with Gasteiger partial charge in [0.05, 0.1) is 6.07 Å². The lowest BCUT2D eigenvalue weighted by Gasteiger charge is -2.13. The van der Waals surface area contributed by atoms with Gasteiger partial charge in [-0.15, -0.1) is 0 Å². The van der Waals surface area contributed by atoms with Crippen LogP contribution in [0.1, 0.15) is 11.6 Å². The molecule has 0 saturated heterocycles. The number of halogens is 2. The van der Waals surface area contributed by atoms with Gasteiger partial charge in [-0.2, -0.15) is 5.26 Å². The predicted octanol–water partition coefficient (Wildman–Crippen LogP) is 4.67. The minimum Gasteiger partial charge on any atom is -0.366 e. The minimum atomic E-state index is -0.430. The Bertz CT molecular complexity index is 556. The van der Waals surface area contributed by atoms with Crippen molar-refractivity contribution in [2.75, 3.05) is 5.32 Å². The molecule has 0 fully saturated rings. The van der Waals surface area contributed by atoms with Crippen molar-refractivity contribution in [1.29, 1.82) is 5.26 Å². The van der Waals surface area contributed by atoms with E-state index < -0.39 is 6.04 Å². The molecular formula is C14H10Cl2N2. The van der Waals surface area contributed by atoms with Gasteiger partial charge in [-0.1, -0.05) is 53.5 Å². The third kappa shape index (κ3) is 3.16. The Morgan fingerprint density at radius 3 is 2.17 bits per heavy atom. The average Bonchev–Trinajstić information content (AvgIpc) is 2.36. The molecule has 0 aliphatic heterocycles. The molecule has 0 heterocycles. The summed E-state index contributed by atoms with van der Waals surface area (Å²) in [5.41, 5.74) is 1.62. The summed E-state index contributed by atoms with van der Waals surface area (Å²) in [5.74, 6) is 0. The fourth-order valence-corrected chi connectivity index (χ4v) is 2.17. The van der Waals surface area contributed by atoms with Crippen LogP contribution in [-0.4, -0.2) is 0 Å². The summed E-state index contributed by atoms with van der Waals surface area (Å²) in [5, 5.41) is 13.4. The highest BCUT2D eigenvalue weighted by Gasteiger charge is 2.10. The van der Waals surface area contributed by atoms with Crippen molar-refractivity contribution < 1.29 is 0 Å². The zero-order valence-electron chi connectivity index (χ0n) is 9.40. The van der Waals surface area contributed by atoms with Crippen LogP contribution in [0, 0.1) is 11.3 Å². The highest BCUT2D eigenvalue weighted by molar-refractivity contribution is 6.35. The quantitative estimate of drug-likeness (QED) is 0.884. The molecule has 4 heteroatoms. The third-order valence-electron chi connectivity index (χ3n) is 2.44. The molecule has 2 rings (SSSR count). The summed E-state index contributed by atoms with van der Waals surface area (Å²) >= 11 is 11.8. The van der Waals surface area contributed by atoms with Crippen LogP contribution in [0.2, 0.25) is 10.0 Å². The Morgan fingerprint density at radius 1 is 1.00 bits per heavy atom. The summed E-state index contributed by atoms with van der Waals surface area (Å²) in [4.78, 5) is 0. The highest BCUT2D eigenvalue weighted by Crippen LogP contribution is 2.25. The average molecular weight is 277 g/mol. The standard InChI is InChI=1S/C14H10Cl2N2/c15-11-6-12(16)8-13(7-11)18-14(9-17)10-4-2-1-3-5-10/h1-8,14,18H/t14-/m0/s1. The normalized spacial score (nSPS) is 11.6.